The number of pyridine rings is 1. The molecule has 2 amide bonds. The Morgan fingerprint density at radius 2 is 1.97 bits per heavy atom. The van der Waals surface area contributed by atoms with Crippen molar-refractivity contribution >= 4 is 34.2 Å². The molecule has 150 valence electrons. The number of H-pyrrole nitrogens is 1. The van der Waals surface area contributed by atoms with Gasteiger partial charge in [0.1, 0.15) is 5.38 Å². The fourth-order valence-electron chi connectivity index (χ4n) is 3.58. The van der Waals surface area contributed by atoms with Crippen LogP contribution in [0.5, 0.6) is 0 Å². The van der Waals surface area contributed by atoms with Crippen LogP contribution in [0.25, 0.3) is 10.8 Å². The van der Waals surface area contributed by atoms with E-state index in [9.17, 15) is 14.4 Å². The Kier molecular flexibility index (Phi) is 5.28. The van der Waals surface area contributed by atoms with Gasteiger partial charge in [-0.3, -0.25) is 9.59 Å². The molecule has 7 heteroatoms. The van der Waals surface area contributed by atoms with Crippen molar-refractivity contribution in [3.63, 3.8) is 0 Å². The van der Waals surface area contributed by atoms with Crippen LogP contribution in [0.15, 0.2) is 59.2 Å². The number of aromatic nitrogens is 1. The maximum atomic E-state index is 13.1. The smallest absolute Gasteiger partial charge is 0.322 e. The summed E-state index contributed by atoms with van der Waals surface area (Å²) in [5, 5.41) is 3.53. The van der Waals surface area contributed by atoms with Crippen LogP contribution >= 0.6 is 11.6 Å². The first-order valence-electron chi connectivity index (χ1n) is 9.70. The maximum absolute atomic E-state index is 13.1. The third kappa shape index (κ3) is 4.12. The van der Waals surface area contributed by atoms with Crippen LogP contribution in [0, 0.1) is 5.92 Å². The minimum atomic E-state index is -0.771. The highest BCUT2D eigenvalue weighted by Gasteiger charge is 2.31. The van der Waals surface area contributed by atoms with Crippen LogP contribution in [-0.4, -0.2) is 33.6 Å². The molecule has 6 nitrogen and oxygen atoms in total. The molecular formula is C22H22ClN3O3. The molecule has 4 rings (SSSR count). The Hall–Kier alpha value is -2.86. The molecule has 1 aromatic carbocycles. The Morgan fingerprint density at radius 1 is 1.24 bits per heavy atom. The number of urea groups is 1. The maximum Gasteiger partial charge on any atom is 0.322 e. The average Bonchev–Trinajstić information content (AvgIpc) is 3.53. The fraction of sp³-hybridized carbons (Fsp3) is 0.318. The number of hydrogen-bond acceptors (Lipinski definition) is 3. The molecule has 1 fully saturated rings. The zero-order chi connectivity index (χ0) is 20.5. The molecule has 29 heavy (non-hydrogen) atoms. The SMILES string of the molecule is CC(c1c[nH]c(=O)c2ccccc12)N(CC1CC1)C(=O)NC1=CC(Cl)C(=O)C=C1. The summed E-state index contributed by atoms with van der Waals surface area (Å²) in [5.41, 5.74) is 1.24. The average molecular weight is 412 g/mol. The van der Waals surface area contributed by atoms with E-state index >= 15 is 0 Å². The molecule has 2 aromatic rings. The van der Waals surface area contributed by atoms with Crippen LogP contribution in [0.1, 0.15) is 31.4 Å². The highest BCUT2D eigenvalue weighted by Crippen LogP contribution is 2.34. The lowest BCUT2D eigenvalue weighted by molar-refractivity contribution is -0.113. The topological polar surface area (TPSA) is 82.3 Å². The van der Waals surface area contributed by atoms with Crippen LogP contribution in [0.2, 0.25) is 0 Å². The molecule has 0 aliphatic heterocycles. The van der Waals surface area contributed by atoms with Crippen molar-refractivity contribution in [3.8, 4) is 0 Å². The zero-order valence-corrected chi connectivity index (χ0v) is 16.8. The van der Waals surface area contributed by atoms with Gasteiger partial charge in [-0.15, -0.1) is 11.6 Å². The number of nitrogens with zero attached hydrogens (tertiary/aromatic N) is 1. The number of allylic oxidation sites excluding steroid dienone is 3. The standard InChI is InChI=1S/C22H22ClN3O3/c1-13(18-11-24-21(28)17-5-3-2-4-16(17)18)26(12-14-6-7-14)22(29)25-15-8-9-20(27)19(23)10-15/h2-5,8-11,13-14,19H,6-7,12H2,1H3,(H,24,28)(H,25,29). The second-order valence-corrected chi connectivity index (χ2v) is 8.05. The lowest BCUT2D eigenvalue weighted by atomic mass is 10.0. The summed E-state index contributed by atoms with van der Waals surface area (Å²) >= 11 is 5.98. The van der Waals surface area contributed by atoms with Gasteiger partial charge in [-0.1, -0.05) is 18.2 Å². The van der Waals surface area contributed by atoms with E-state index in [1.165, 1.54) is 12.2 Å². The van der Waals surface area contributed by atoms with Crippen molar-refractivity contribution in [1.29, 1.82) is 0 Å². The molecule has 2 unspecified atom stereocenters. The second-order valence-electron chi connectivity index (χ2n) is 7.58. The van der Waals surface area contributed by atoms with Gasteiger partial charge in [0.05, 0.1) is 6.04 Å². The first kappa shape index (κ1) is 19.5. The molecule has 2 N–H and O–H groups in total. The Morgan fingerprint density at radius 3 is 2.66 bits per heavy atom. The number of ketones is 1. The largest absolute Gasteiger partial charge is 0.328 e. The van der Waals surface area contributed by atoms with E-state index in [1.54, 1.807) is 23.2 Å². The summed E-state index contributed by atoms with van der Waals surface area (Å²) < 4.78 is 0. The zero-order valence-electron chi connectivity index (χ0n) is 16.0. The van der Waals surface area contributed by atoms with Crippen LogP contribution in [0.4, 0.5) is 4.79 Å². The first-order chi connectivity index (χ1) is 13.9. The van der Waals surface area contributed by atoms with E-state index in [2.05, 4.69) is 10.3 Å². The van der Waals surface area contributed by atoms with Gasteiger partial charge < -0.3 is 15.2 Å². The van der Waals surface area contributed by atoms with E-state index in [1.807, 2.05) is 25.1 Å². The number of hydrogen-bond donors (Lipinski definition) is 2. The Bertz CT molecular complexity index is 1080. The number of benzene rings is 1. The van der Waals surface area contributed by atoms with E-state index in [-0.39, 0.29) is 23.4 Å². The van der Waals surface area contributed by atoms with Crippen molar-refractivity contribution in [2.75, 3.05) is 6.54 Å². The molecule has 0 bridgehead atoms. The number of alkyl halides is 1. The second kappa shape index (κ2) is 7.87. The summed E-state index contributed by atoms with van der Waals surface area (Å²) in [7, 11) is 0. The van der Waals surface area contributed by atoms with Gasteiger partial charge in [0.25, 0.3) is 5.56 Å². The van der Waals surface area contributed by atoms with Crippen molar-refractivity contribution in [1.82, 2.24) is 15.2 Å². The van der Waals surface area contributed by atoms with Crippen molar-refractivity contribution in [3.05, 3.63) is 70.3 Å². The molecule has 1 heterocycles. The van der Waals surface area contributed by atoms with Crippen LogP contribution < -0.4 is 10.9 Å². The molecule has 0 spiro atoms. The van der Waals surface area contributed by atoms with Gasteiger partial charge in [-0.25, -0.2) is 4.79 Å². The highest BCUT2D eigenvalue weighted by molar-refractivity contribution is 6.34. The number of fused-ring (bicyclic) bond motifs is 1. The quantitative estimate of drug-likeness (QED) is 0.737. The Labute approximate surface area is 173 Å². The monoisotopic (exact) mass is 411 g/mol. The summed E-state index contributed by atoms with van der Waals surface area (Å²) in [6.45, 7) is 2.59. The minimum absolute atomic E-state index is 0.148. The summed E-state index contributed by atoms with van der Waals surface area (Å²) in [6, 6.07) is 6.89. The highest BCUT2D eigenvalue weighted by atomic mass is 35.5. The predicted molar refractivity (Wildman–Crippen MR) is 113 cm³/mol. The van der Waals surface area contributed by atoms with Crippen LogP contribution in [-0.2, 0) is 4.79 Å². The van der Waals surface area contributed by atoms with Gasteiger partial charge in [-0.05, 0) is 60.9 Å². The van der Waals surface area contributed by atoms with Gasteiger partial charge in [0.2, 0.25) is 0 Å². The van der Waals surface area contributed by atoms with Crippen LogP contribution in [0.3, 0.4) is 0 Å². The summed E-state index contributed by atoms with van der Waals surface area (Å²) in [4.78, 5) is 41.4. The number of carbonyl (C=O) groups is 2. The molecule has 1 saturated carbocycles. The summed E-state index contributed by atoms with van der Waals surface area (Å²) in [6.07, 6.45) is 8.37. The summed E-state index contributed by atoms with van der Waals surface area (Å²) in [5.74, 6) is 0.281. The van der Waals surface area contributed by atoms with Gasteiger partial charge in [0, 0.05) is 23.8 Å². The Balaban J connectivity index is 1.63. The molecule has 2 aliphatic rings. The van der Waals surface area contributed by atoms with Gasteiger partial charge >= 0.3 is 6.03 Å². The number of aromatic amines is 1. The molecule has 2 atom stereocenters. The normalized spacial score (nSPS) is 19.7. The molecule has 1 aromatic heterocycles. The lowest BCUT2D eigenvalue weighted by Crippen LogP contribution is -2.42. The number of carbonyl (C=O) groups excluding carboxylic acids is 2. The predicted octanol–water partition coefficient (Wildman–Crippen LogP) is 3.64. The van der Waals surface area contributed by atoms with Gasteiger partial charge in [0.15, 0.2) is 5.78 Å². The first-order valence-corrected chi connectivity index (χ1v) is 10.1. The van der Waals surface area contributed by atoms with E-state index in [0.29, 0.717) is 23.5 Å². The van der Waals surface area contributed by atoms with Crippen molar-refractivity contribution in [2.24, 2.45) is 5.92 Å². The number of halogens is 1. The molecule has 0 saturated heterocycles. The van der Waals surface area contributed by atoms with Crippen molar-refractivity contribution < 1.29 is 9.59 Å². The fourth-order valence-corrected chi connectivity index (χ4v) is 3.79. The number of rotatable bonds is 5. The lowest BCUT2D eigenvalue weighted by Gasteiger charge is -2.31. The molecule has 2 aliphatic carbocycles. The van der Waals surface area contributed by atoms with Crippen molar-refractivity contribution in [2.45, 2.75) is 31.2 Å². The third-order valence-electron chi connectivity index (χ3n) is 5.45. The van der Waals surface area contributed by atoms with Gasteiger partial charge in [-0.2, -0.15) is 0 Å². The molecule has 0 radical (unpaired) electrons. The number of amides is 2. The molecular weight excluding hydrogens is 390 g/mol. The minimum Gasteiger partial charge on any atom is -0.328 e. The van der Waals surface area contributed by atoms with E-state index < -0.39 is 5.38 Å². The van der Waals surface area contributed by atoms with E-state index in [4.69, 9.17) is 11.6 Å². The number of nitrogens with one attached hydrogen (secondary N) is 2. The third-order valence-corrected chi connectivity index (χ3v) is 5.79. The van der Waals surface area contributed by atoms with E-state index in [0.717, 1.165) is 23.8 Å².